The lowest BCUT2D eigenvalue weighted by molar-refractivity contribution is 0.598. The van der Waals surface area contributed by atoms with Gasteiger partial charge in [0.05, 0.1) is 0 Å². The summed E-state index contributed by atoms with van der Waals surface area (Å²) in [7, 11) is -1.96. The zero-order valence-electron chi connectivity index (χ0n) is 11.1. The molecule has 0 fully saturated rings. The number of rotatable bonds is 4. The van der Waals surface area contributed by atoms with Crippen molar-refractivity contribution < 1.29 is 8.42 Å². The molecule has 9 heteroatoms. The molecule has 0 spiro atoms. The van der Waals surface area contributed by atoms with E-state index in [9.17, 15) is 8.42 Å². The molecule has 0 bridgehead atoms. The molecule has 0 aliphatic heterocycles. The molecule has 2 aromatic rings. The average molecular weight is 301 g/mol. The number of hydrogen-bond donors (Lipinski definition) is 1. The van der Waals surface area contributed by atoms with Crippen LogP contribution in [0.15, 0.2) is 11.2 Å². The molecule has 2 heterocycles. The summed E-state index contributed by atoms with van der Waals surface area (Å²) in [5, 5.41) is 0.237. The Morgan fingerprint density at radius 3 is 2.53 bits per heavy atom. The second kappa shape index (κ2) is 4.89. The molecule has 0 amide bonds. The highest BCUT2D eigenvalue weighted by atomic mass is 32.2. The number of hydrogen-bond acceptors (Lipinski definition) is 6. The monoisotopic (exact) mass is 301 g/mol. The summed E-state index contributed by atoms with van der Waals surface area (Å²) in [6.45, 7) is 5.63. The van der Waals surface area contributed by atoms with Gasteiger partial charge in [0.1, 0.15) is 11.6 Å². The molecule has 0 saturated carbocycles. The first kappa shape index (κ1) is 13.9. The van der Waals surface area contributed by atoms with Crippen LogP contribution in [0.2, 0.25) is 0 Å². The van der Waals surface area contributed by atoms with Crippen molar-refractivity contribution in [1.82, 2.24) is 18.9 Å². The first-order chi connectivity index (χ1) is 8.79. The Bertz CT molecular complexity index is 667. The lowest BCUT2D eigenvalue weighted by Crippen LogP contribution is -2.13. The van der Waals surface area contributed by atoms with Crippen LogP contribution in [0.25, 0.3) is 0 Å². The Balaban J connectivity index is 2.25. The Morgan fingerprint density at radius 2 is 2.05 bits per heavy atom. The fraction of sp³-hybridized carbons (Fsp3) is 0.500. The van der Waals surface area contributed by atoms with Gasteiger partial charge in [-0.1, -0.05) is 13.8 Å². The number of anilines is 1. The van der Waals surface area contributed by atoms with Crippen molar-refractivity contribution in [2.24, 2.45) is 7.05 Å². The van der Waals surface area contributed by atoms with E-state index in [0.29, 0.717) is 11.6 Å². The lowest BCUT2D eigenvalue weighted by atomic mass is 10.2. The maximum absolute atomic E-state index is 12.1. The quantitative estimate of drug-likeness (QED) is 0.924. The smallest absolute Gasteiger partial charge is 0.282 e. The molecule has 19 heavy (non-hydrogen) atoms. The maximum atomic E-state index is 12.1. The van der Waals surface area contributed by atoms with E-state index in [1.807, 2.05) is 13.8 Å². The Hall–Kier alpha value is -1.48. The molecule has 0 atom stereocenters. The number of aryl methyl sites for hydroxylation is 2. The first-order valence-corrected chi connectivity index (χ1v) is 7.91. The van der Waals surface area contributed by atoms with Crippen LogP contribution in [-0.2, 0) is 17.1 Å². The van der Waals surface area contributed by atoms with E-state index in [-0.39, 0.29) is 16.1 Å². The molecular weight excluding hydrogens is 286 g/mol. The predicted molar refractivity (Wildman–Crippen MR) is 72.8 cm³/mol. The van der Waals surface area contributed by atoms with Crippen LogP contribution in [0.3, 0.4) is 0 Å². The summed E-state index contributed by atoms with van der Waals surface area (Å²) in [5.74, 6) is 1.41. The van der Waals surface area contributed by atoms with Crippen molar-refractivity contribution in [2.45, 2.75) is 31.7 Å². The van der Waals surface area contributed by atoms with Crippen LogP contribution < -0.4 is 4.72 Å². The van der Waals surface area contributed by atoms with Crippen molar-refractivity contribution in [2.75, 3.05) is 4.72 Å². The van der Waals surface area contributed by atoms with Gasteiger partial charge in [0.2, 0.25) is 5.13 Å². The maximum Gasteiger partial charge on any atom is 0.282 e. The van der Waals surface area contributed by atoms with Crippen LogP contribution in [0.5, 0.6) is 0 Å². The molecular formula is C10H15N5O2S2. The molecule has 7 nitrogen and oxygen atoms in total. The minimum Gasteiger partial charge on any atom is -0.337 e. The molecule has 2 rings (SSSR count). The van der Waals surface area contributed by atoms with Crippen molar-refractivity contribution in [3.8, 4) is 0 Å². The summed E-state index contributed by atoms with van der Waals surface area (Å²) in [6.07, 6.45) is 1.46. The van der Waals surface area contributed by atoms with E-state index in [2.05, 4.69) is 19.1 Å². The fourth-order valence-electron chi connectivity index (χ4n) is 1.33. The average Bonchev–Trinajstić information content (AvgIpc) is 2.87. The molecule has 2 aromatic heterocycles. The summed E-state index contributed by atoms with van der Waals surface area (Å²) in [6, 6.07) is 0. The van der Waals surface area contributed by atoms with Gasteiger partial charge in [-0.05, 0) is 6.92 Å². The van der Waals surface area contributed by atoms with E-state index >= 15 is 0 Å². The highest BCUT2D eigenvalue weighted by Crippen LogP contribution is 2.20. The molecule has 0 unspecified atom stereocenters. The predicted octanol–water partition coefficient (Wildman–Crippen LogP) is 1.50. The highest BCUT2D eigenvalue weighted by Gasteiger charge is 2.20. The SMILES string of the molecule is Cc1nc(S(=O)(=O)Nc2nc(C(C)C)ns2)cn1C. The molecule has 0 aliphatic carbocycles. The topological polar surface area (TPSA) is 89.8 Å². The third-order valence-corrected chi connectivity index (χ3v) is 4.52. The molecule has 0 aliphatic rings. The summed E-state index contributed by atoms with van der Waals surface area (Å²) >= 11 is 1.02. The van der Waals surface area contributed by atoms with Crippen LogP contribution in [0, 0.1) is 6.92 Å². The molecule has 0 aromatic carbocycles. The second-order valence-electron chi connectivity index (χ2n) is 4.46. The van der Waals surface area contributed by atoms with Gasteiger partial charge >= 0.3 is 0 Å². The fourth-order valence-corrected chi connectivity index (χ4v) is 3.31. The first-order valence-electron chi connectivity index (χ1n) is 5.66. The van der Waals surface area contributed by atoms with Crippen molar-refractivity contribution >= 4 is 26.7 Å². The minimum atomic E-state index is -3.70. The third-order valence-electron chi connectivity index (χ3n) is 2.54. The summed E-state index contributed by atoms with van der Waals surface area (Å²) in [5.41, 5.74) is 0. The van der Waals surface area contributed by atoms with E-state index in [4.69, 9.17) is 0 Å². The van der Waals surface area contributed by atoms with Gasteiger partial charge < -0.3 is 4.57 Å². The van der Waals surface area contributed by atoms with Crippen molar-refractivity contribution in [3.05, 3.63) is 17.8 Å². The number of nitrogens with zero attached hydrogens (tertiary/aromatic N) is 4. The number of imidazole rings is 1. The Labute approximate surface area is 115 Å². The molecule has 1 N–H and O–H groups in total. The van der Waals surface area contributed by atoms with Crippen LogP contribution in [-0.4, -0.2) is 27.3 Å². The van der Waals surface area contributed by atoms with E-state index in [1.54, 1.807) is 18.5 Å². The summed E-state index contributed by atoms with van der Waals surface area (Å²) in [4.78, 5) is 8.12. The lowest BCUT2D eigenvalue weighted by Gasteiger charge is -2.00. The van der Waals surface area contributed by atoms with E-state index in [1.165, 1.54) is 6.20 Å². The number of sulfonamides is 1. The standard InChI is InChI=1S/C10H15N5O2S2/c1-6(2)9-12-10(18-13-9)14-19(16,17)8-5-15(4)7(3)11-8/h5-6H,1-4H3,(H,12,13,14). The Morgan fingerprint density at radius 1 is 1.37 bits per heavy atom. The number of aromatic nitrogens is 4. The number of nitrogens with one attached hydrogen (secondary N) is 1. The van der Waals surface area contributed by atoms with Crippen LogP contribution >= 0.6 is 11.5 Å². The normalized spacial score (nSPS) is 12.1. The van der Waals surface area contributed by atoms with E-state index < -0.39 is 10.0 Å². The van der Waals surface area contributed by atoms with Gasteiger partial charge in [-0.2, -0.15) is 12.8 Å². The minimum absolute atomic E-state index is 0.0196. The molecule has 0 radical (unpaired) electrons. The van der Waals surface area contributed by atoms with Gasteiger partial charge in [-0.25, -0.2) is 9.97 Å². The van der Waals surface area contributed by atoms with Gasteiger partial charge in [0, 0.05) is 30.7 Å². The van der Waals surface area contributed by atoms with Gasteiger partial charge in [0.25, 0.3) is 10.0 Å². The Kier molecular flexibility index (Phi) is 3.59. The highest BCUT2D eigenvalue weighted by molar-refractivity contribution is 7.92. The molecule has 0 saturated heterocycles. The van der Waals surface area contributed by atoms with Crippen molar-refractivity contribution in [1.29, 1.82) is 0 Å². The van der Waals surface area contributed by atoms with Crippen molar-refractivity contribution in [3.63, 3.8) is 0 Å². The molecule has 104 valence electrons. The largest absolute Gasteiger partial charge is 0.337 e. The van der Waals surface area contributed by atoms with Gasteiger partial charge in [0.15, 0.2) is 5.03 Å². The zero-order valence-corrected chi connectivity index (χ0v) is 12.7. The van der Waals surface area contributed by atoms with Gasteiger partial charge in [-0.15, -0.1) is 0 Å². The van der Waals surface area contributed by atoms with Crippen LogP contribution in [0.4, 0.5) is 5.13 Å². The third kappa shape index (κ3) is 2.92. The van der Waals surface area contributed by atoms with Gasteiger partial charge in [-0.3, -0.25) is 4.72 Å². The van der Waals surface area contributed by atoms with E-state index in [0.717, 1.165) is 11.5 Å². The zero-order chi connectivity index (χ0) is 14.2. The second-order valence-corrected chi connectivity index (χ2v) is 6.84. The van der Waals surface area contributed by atoms with Crippen LogP contribution in [0.1, 0.15) is 31.4 Å². The summed E-state index contributed by atoms with van der Waals surface area (Å²) < 4.78 is 32.3.